The highest BCUT2D eigenvalue weighted by molar-refractivity contribution is 6.30. The molecule has 0 aliphatic carbocycles. The van der Waals surface area contributed by atoms with Crippen molar-refractivity contribution in [2.75, 3.05) is 11.9 Å². The minimum atomic E-state index is 0.00862. The van der Waals surface area contributed by atoms with E-state index in [0.717, 1.165) is 0 Å². The molecule has 2 heterocycles. The largest absolute Gasteiger partial charge is 0.354 e. The van der Waals surface area contributed by atoms with Crippen LogP contribution in [0.2, 0.25) is 5.02 Å². The van der Waals surface area contributed by atoms with Crippen LogP contribution in [0.1, 0.15) is 20.3 Å². The van der Waals surface area contributed by atoms with E-state index in [9.17, 15) is 4.79 Å². The van der Waals surface area contributed by atoms with E-state index in [-0.39, 0.29) is 11.9 Å². The summed E-state index contributed by atoms with van der Waals surface area (Å²) >= 11 is 5.86. The van der Waals surface area contributed by atoms with Gasteiger partial charge in [0.2, 0.25) is 11.9 Å². The van der Waals surface area contributed by atoms with Crippen LogP contribution in [0.25, 0.3) is 5.65 Å². The van der Waals surface area contributed by atoms with Gasteiger partial charge in [-0.3, -0.25) is 4.79 Å². The predicted molar refractivity (Wildman–Crippen MR) is 74.4 cm³/mol. The zero-order valence-corrected chi connectivity index (χ0v) is 11.6. The van der Waals surface area contributed by atoms with E-state index < -0.39 is 0 Å². The lowest BCUT2D eigenvalue weighted by Gasteiger charge is -2.07. The lowest BCUT2D eigenvalue weighted by molar-refractivity contribution is -0.121. The second-order valence-corrected chi connectivity index (χ2v) is 4.92. The Balaban J connectivity index is 1.89. The van der Waals surface area contributed by atoms with Gasteiger partial charge in [0.15, 0.2) is 5.65 Å². The number of hydrogen-bond donors (Lipinski definition) is 2. The maximum absolute atomic E-state index is 11.4. The molecule has 2 aromatic rings. The fourth-order valence-corrected chi connectivity index (χ4v) is 1.77. The zero-order chi connectivity index (χ0) is 13.8. The fourth-order valence-electron chi connectivity index (χ4n) is 1.61. The van der Waals surface area contributed by atoms with Crippen LogP contribution in [0.4, 0.5) is 5.95 Å². The Morgan fingerprint density at radius 1 is 1.47 bits per heavy atom. The van der Waals surface area contributed by atoms with Crippen molar-refractivity contribution in [1.82, 2.24) is 19.9 Å². The molecule has 0 saturated heterocycles. The Kier molecular flexibility index (Phi) is 4.21. The average molecular weight is 282 g/mol. The van der Waals surface area contributed by atoms with Crippen molar-refractivity contribution in [2.45, 2.75) is 26.3 Å². The molecule has 0 saturated carbocycles. The summed E-state index contributed by atoms with van der Waals surface area (Å²) in [6.07, 6.45) is 2.06. The average Bonchev–Trinajstić information content (AvgIpc) is 2.69. The van der Waals surface area contributed by atoms with Crippen LogP contribution < -0.4 is 10.6 Å². The number of carbonyl (C=O) groups is 1. The Morgan fingerprint density at radius 2 is 2.26 bits per heavy atom. The smallest absolute Gasteiger partial charge is 0.243 e. The number of nitrogens with zero attached hydrogens (tertiary/aromatic N) is 3. The first-order chi connectivity index (χ1) is 9.04. The lowest BCUT2D eigenvalue weighted by Crippen LogP contribution is -2.31. The van der Waals surface area contributed by atoms with Crippen molar-refractivity contribution in [2.24, 2.45) is 0 Å². The van der Waals surface area contributed by atoms with Gasteiger partial charge in [-0.05, 0) is 26.0 Å². The summed E-state index contributed by atoms with van der Waals surface area (Å²) in [5.74, 6) is 0.494. The number of hydrogen-bond acceptors (Lipinski definition) is 4. The number of nitrogens with one attached hydrogen (secondary N) is 2. The van der Waals surface area contributed by atoms with Gasteiger partial charge < -0.3 is 10.6 Å². The maximum Gasteiger partial charge on any atom is 0.243 e. The number of pyridine rings is 1. The molecule has 102 valence electrons. The monoisotopic (exact) mass is 281 g/mol. The standard InChI is InChI=1S/C12H16ClN5O/c1-8(2)15-11(19)5-6-14-12-16-10-4-3-9(13)7-18(10)17-12/h3-4,7-8H,5-6H2,1-2H3,(H,14,17)(H,15,19). The molecule has 0 fully saturated rings. The van der Waals surface area contributed by atoms with E-state index in [4.69, 9.17) is 11.6 Å². The molecule has 0 aliphatic heterocycles. The molecule has 0 radical (unpaired) electrons. The molecule has 7 heteroatoms. The van der Waals surface area contributed by atoms with E-state index in [2.05, 4.69) is 20.7 Å². The number of aromatic nitrogens is 3. The molecule has 6 nitrogen and oxygen atoms in total. The third-order valence-electron chi connectivity index (χ3n) is 2.38. The van der Waals surface area contributed by atoms with Crippen LogP contribution in [-0.2, 0) is 4.79 Å². The molecule has 0 aliphatic rings. The number of amides is 1. The molecule has 0 bridgehead atoms. The molecule has 2 rings (SSSR count). The van der Waals surface area contributed by atoms with Gasteiger partial charge in [0.25, 0.3) is 0 Å². The third kappa shape index (κ3) is 3.82. The second kappa shape index (κ2) is 5.88. The number of anilines is 1. The van der Waals surface area contributed by atoms with E-state index in [1.54, 1.807) is 22.8 Å². The molecule has 0 unspecified atom stereocenters. The summed E-state index contributed by atoms with van der Waals surface area (Å²) in [4.78, 5) is 15.7. The van der Waals surface area contributed by atoms with Gasteiger partial charge in [-0.15, -0.1) is 5.10 Å². The summed E-state index contributed by atoms with van der Waals surface area (Å²) in [7, 11) is 0. The van der Waals surface area contributed by atoms with E-state index >= 15 is 0 Å². The van der Waals surface area contributed by atoms with Crippen LogP contribution in [-0.4, -0.2) is 33.1 Å². The van der Waals surface area contributed by atoms with Gasteiger partial charge in [0.1, 0.15) is 0 Å². The normalized spacial score (nSPS) is 10.9. The molecule has 2 aromatic heterocycles. The molecule has 2 N–H and O–H groups in total. The molecule has 1 amide bonds. The van der Waals surface area contributed by atoms with Crippen molar-refractivity contribution in [3.05, 3.63) is 23.4 Å². The van der Waals surface area contributed by atoms with Crippen LogP contribution in [0.5, 0.6) is 0 Å². The molecule has 19 heavy (non-hydrogen) atoms. The highest BCUT2D eigenvalue weighted by atomic mass is 35.5. The van der Waals surface area contributed by atoms with Gasteiger partial charge in [0.05, 0.1) is 5.02 Å². The van der Waals surface area contributed by atoms with Gasteiger partial charge in [-0.2, -0.15) is 4.98 Å². The van der Waals surface area contributed by atoms with Gasteiger partial charge in [0, 0.05) is 25.2 Å². The Bertz CT molecular complexity index is 581. The van der Waals surface area contributed by atoms with Crippen molar-refractivity contribution in [3.8, 4) is 0 Å². The van der Waals surface area contributed by atoms with E-state index in [0.29, 0.717) is 29.6 Å². The number of rotatable bonds is 5. The summed E-state index contributed by atoms with van der Waals surface area (Å²) in [6.45, 7) is 4.35. The quantitative estimate of drug-likeness (QED) is 0.875. The summed E-state index contributed by atoms with van der Waals surface area (Å²) in [5.41, 5.74) is 0.707. The van der Waals surface area contributed by atoms with E-state index in [1.165, 1.54) is 0 Å². The number of fused-ring (bicyclic) bond motifs is 1. The second-order valence-electron chi connectivity index (χ2n) is 4.48. The summed E-state index contributed by atoms with van der Waals surface area (Å²) in [6, 6.07) is 3.69. The first kappa shape index (κ1) is 13.6. The maximum atomic E-state index is 11.4. The molecule has 0 spiro atoms. The van der Waals surface area contributed by atoms with Crippen LogP contribution in [0.3, 0.4) is 0 Å². The van der Waals surface area contributed by atoms with Gasteiger partial charge in [-0.1, -0.05) is 11.6 Å². The molecule has 0 atom stereocenters. The van der Waals surface area contributed by atoms with Gasteiger partial charge >= 0.3 is 0 Å². The highest BCUT2D eigenvalue weighted by Crippen LogP contribution is 2.11. The molecular weight excluding hydrogens is 266 g/mol. The van der Waals surface area contributed by atoms with Crippen molar-refractivity contribution < 1.29 is 4.79 Å². The molecule has 0 aromatic carbocycles. The minimum Gasteiger partial charge on any atom is -0.354 e. The predicted octanol–water partition coefficient (Wildman–Crippen LogP) is 1.71. The number of carbonyl (C=O) groups excluding carboxylic acids is 1. The van der Waals surface area contributed by atoms with Crippen LogP contribution in [0, 0.1) is 0 Å². The van der Waals surface area contributed by atoms with Crippen LogP contribution >= 0.6 is 11.6 Å². The third-order valence-corrected chi connectivity index (χ3v) is 2.60. The van der Waals surface area contributed by atoms with Crippen molar-refractivity contribution >= 4 is 29.1 Å². The summed E-state index contributed by atoms with van der Waals surface area (Å²) < 4.78 is 1.60. The fraction of sp³-hybridized carbons (Fsp3) is 0.417. The lowest BCUT2D eigenvalue weighted by atomic mass is 10.3. The van der Waals surface area contributed by atoms with Crippen LogP contribution in [0.15, 0.2) is 18.3 Å². The van der Waals surface area contributed by atoms with E-state index in [1.807, 2.05) is 13.8 Å². The number of halogens is 1. The first-order valence-corrected chi connectivity index (χ1v) is 6.47. The highest BCUT2D eigenvalue weighted by Gasteiger charge is 2.05. The minimum absolute atomic E-state index is 0.00862. The first-order valence-electron chi connectivity index (χ1n) is 6.10. The van der Waals surface area contributed by atoms with Gasteiger partial charge in [-0.25, -0.2) is 4.52 Å². The SMILES string of the molecule is CC(C)NC(=O)CCNc1nc2ccc(Cl)cn2n1. The zero-order valence-electron chi connectivity index (χ0n) is 10.9. The molecular formula is C12H16ClN5O. The Labute approximate surface area is 116 Å². The van der Waals surface area contributed by atoms with Crippen molar-refractivity contribution in [3.63, 3.8) is 0 Å². The topological polar surface area (TPSA) is 71.3 Å². The Hall–Kier alpha value is -1.82. The van der Waals surface area contributed by atoms with Crippen molar-refractivity contribution in [1.29, 1.82) is 0 Å². The Morgan fingerprint density at radius 3 is 3.00 bits per heavy atom. The summed E-state index contributed by atoms with van der Waals surface area (Å²) in [5, 5.41) is 10.6.